The van der Waals surface area contributed by atoms with Crippen LogP contribution in [0, 0.1) is 6.92 Å². The van der Waals surface area contributed by atoms with Gasteiger partial charge in [0.2, 0.25) is 5.91 Å². The van der Waals surface area contributed by atoms with Crippen molar-refractivity contribution >= 4 is 28.3 Å². The van der Waals surface area contributed by atoms with Crippen molar-refractivity contribution in [2.75, 3.05) is 19.0 Å². The second kappa shape index (κ2) is 9.61. The number of pyridine rings is 1. The number of rotatable bonds is 7. The van der Waals surface area contributed by atoms with E-state index in [1.807, 2.05) is 57.2 Å². The molecule has 0 aliphatic rings. The molecule has 0 atom stereocenters. The van der Waals surface area contributed by atoms with E-state index >= 15 is 0 Å². The number of furan rings is 1. The zero-order valence-electron chi connectivity index (χ0n) is 19.1. The average Bonchev–Trinajstić information content (AvgIpc) is 3.25. The summed E-state index contributed by atoms with van der Waals surface area (Å²) in [5.74, 6) is 1.72. The van der Waals surface area contributed by atoms with Crippen molar-refractivity contribution in [2.45, 2.75) is 20.8 Å². The van der Waals surface area contributed by atoms with Crippen molar-refractivity contribution < 1.29 is 18.7 Å². The van der Waals surface area contributed by atoms with Crippen molar-refractivity contribution in [3.05, 3.63) is 78.2 Å². The molecule has 0 aliphatic heterocycles. The number of ether oxygens (including phenoxy) is 2. The second-order valence-corrected chi connectivity index (χ2v) is 7.60. The molecule has 1 N–H and O–H groups in total. The van der Waals surface area contributed by atoms with Crippen LogP contribution in [-0.2, 0) is 4.79 Å². The van der Waals surface area contributed by atoms with Gasteiger partial charge in [-0.2, -0.15) is 0 Å². The number of hydrogen-bond acceptors (Lipinski definition) is 5. The molecule has 168 valence electrons. The minimum absolute atomic E-state index is 0.258. The van der Waals surface area contributed by atoms with Crippen LogP contribution in [0.3, 0.4) is 0 Å². The molecule has 0 bridgehead atoms. The van der Waals surface area contributed by atoms with E-state index in [4.69, 9.17) is 13.9 Å². The van der Waals surface area contributed by atoms with Crippen molar-refractivity contribution in [2.24, 2.45) is 0 Å². The molecule has 2 aromatic carbocycles. The molecule has 0 saturated carbocycles. The third-order valence-electron chi connectivity index (χ3n) is 5.40. The number of aryl methyl sites for hydroxylation is 1. The Labute approximate surface area is 192 Å². The molecule has 0 unspecified atom stereocenters. The number of carbonyl (C=O) groups is 1. The number of carbonyl (C=O) groups excluding carboxylic acids is 1. The van der Waals surface area contributed by atoms with E-state index in [0.29, 0.717) is 18.2 Å². The SMILES string of the molecule is CCOc1c(/C(C)=C/C(=O)Nc2ccccn2)cc2c(-c3cccc(OC)c3)coc2c1C. The van der Waals surface area contributed by atoms with E-state index in [2.05, 4.69) is 10.3 Å². The Kier molecular flexibility index (Phi) is 6.45. The molecular weight excluding hydrogens is 416 g/mol. The summed E-state index contributed by atoms with van der Waals surface area (Å²) in [5.41, 5.74) is 5.18. The molecule has 0 spiro atoms. The maximum absolute atomic E-state index is 12.6. The highest BCUT2D eigenvalue weighted by Gasteiger charge is 2.19. The van der Waals surface area contributed by atoms with Crippen LogP contribution in [0.5, 0.6) is 11.5 Å². The lowest BCUT2D eigenvalue weighted by molar-refractivity contribution is -0.111. The molecule has 0 radical (unpaired) electrons. The van der Waals surface area contributed by atoms with Crippen LogP contribution in [0.2, 0.25) is 0 Å². The first-order chi connectivity index (χ1) is 16.0. The minimum Gasteiger partial charge on any atom is -0.497 e. The molecule has 2 aromatic heterocycles. The van der Waals surface area contributed by atoms with Gasteiger partial charge >= 0.3 is 0 Å². The fraction of sp³-hybridized carbons (Fsp3) is 0.185. The van der Waals surface area contributed by atoms with Crippen LogP contribution in [-0.4, -0.2) is 24.6 Å². The summed E-state index contributed by atoms with van der Waals surface area (Å²) < 4.78 is 17.3. The van der Waals surface area contributed by atoms with E-state index in [1.54, 1.807) is 37.8 Å². The minimum atomic E-state index is -0.258. The normalized spacial score (nSPS) is 11.5. The number of aromatic nitrogens is 1. The Balaban J connectivity index is 1.80. The van der Waals surface area contributed by atoms with E-state index in [0.717, 1.165) is 44.5 Å². The van der Waals surface area contributed by atoms with Gasteiger partial charge in [-0.1, -0.05) is 18.2 Å². The van der Waals surface area contributed by atoms with Crippen LogP contribution in [0.25, 0.3) is 27.7 Å². The number of anilines is 1. The van der Waals surface area contributed by atoms with Gasteiger partial charge in [0.15, 0.2) is 0 Å². The van der Waals surface area contributed by atoms with E-state index < -0.39 is 0 Å². The Morgan fingerprint density at radius 3 is 2.76 bits per heavy atom. The zero-order chi connectivity index (χ0) is 23.4. The van der Waals surface area contributed by atoms with E-state index in [-0.39, 0.29) is 5.91 Å². The summed E-state index contributed by atoms with van der Waals surface area (Å²) in [6.45, 7) is 6.30. The van der Waals surface area contributed by atoms with Crippen LogP contribution in [0.1, 0.15) is 25.0 Å². The lowest BCUT2D eigenvalue weighted by Gasteiger charge is -2.15. The molecule has 1 amide bonds. The fourth-order valence-corrected chi connectivity index (χ4v) is 3.83. The Morgan fingerprint density at radius 1 is 1.18 bits per heavy atom. The standard InChI is InChI=1S/C27H26N2O4/c1-5-32-26-18(3)27-22(23(16-33-27)19-9-8-10-20(14-19)31-4)15-21(26)17(2)13-25(30)29-24-11-6-7-12-28-24/h6-16H,5H2,1-4H3,(H,28,29,30)/b17-13+. The number of hydrogen-bond donors (Lipinski definition) is 1. The Bertz CT molecular complexity index is 1320. The lowest BCUT2D eigenvalue weighted by atomic mass is 9.96. The van der Waals surface area contributed by atoms with Gasteiger partial charge in [-0.25, -0.2) is 4.98 Å². The van der Waals surface area contributed by atoms with Crippen molar-refractivity contribution in [1.82, 2.24) is 4.98 Å². The summed E-state index contributed by atoms with van der Waals surface area (Å²) in [5, 5.41) is 3.73. The molecule has 0 fully saturated rings. The lowest BCUT2D eigenvalue weighted by Crippen LogP contribution is -2.10. The monoisotopic (exact) mass is 442 g/mol. The number of methoxy groups -OCH3 is 1. The molecule has 0 aliphatic carbocycles. The largest absolute Gasteiger partial charge is 0.497 e. The Morgan fingerprint density at radius 2 is 2.03 bits per heavy atom. The number of nitrogens with one attached hydrogen (secondary N) is 1. The third kappa shape index (κ3) is 4.60. The predicted octanol–water partition coefficient (Wildman–Crippen LogP) is 6.25. The zero-order valence-corrected chi connectivity index (χ0v) is 19.1. The topological polar surface area (TPSA) is 73.6 Å². The summed E-state index contributed by atoms with van der Waals surface area (Å²) >= 11 is 0. The second-order valence-electron chi connectivity index (χ2n) is 7.60. The van der Waals surface area contributed by atoms with Gasteiger partial charge in [-0.05, 0) is 62.2 Å². The first kappa shape index (κ1) is 22.1. The van der Waals surface area contributed by atoms with E-state index in [1.165, 1.54) is 0 Å². The quantitative estimate of drug-likeness (QED) is 0.342. The van der Waals surface area contributed by atoms with Crippen molar-refractivity contribution in [3.8, 4) is 22.6 Å². The first-order valence-electron chi connectivity index (χ1n) is 10.7. The molecule has 4 rings (SSSR count). The summed E-state index contributed by atoms with van der Waals surface area (Å²) in [4.78, 5) is 16.8. The smallest absolute Gasteiger partial charge is 0.249 e. The van der Waals surface area contributed by atoms with E-state index in [9.17, 15) is 4.79 Å². The number of benzene rings is 2. The summed E-state index contributed by atoms with van der Waals surface area (Å²) in [6.07, 6.45) is 4.94. The Hall–Kier alpha value is -4.06. The fourth-order valence-electron chi connectivity index (χ4n) is 3.83. The average molecular weight is 443 g/mol. The van der Waals surface area contributed by atoms with Crippen LogP contribution in [0.15, 0.2) is 71.5 Å². The highest BCUT2D eigenvalue weighted by Crippen LogP contribution is 2.41. The first-order valence-corrected chi connectivity index (χ1v) is 10.7. The summed E-state index contributed by atoms with van der Waals surface area (Å²) in [7, 11) is 1.65. The highest BCUT2D eigenvalue weighted by atomic mass is 16.5. The maximum atomic E-state index is 12.6. The molecule has 0 saturated heterocycles. The highest BCUT2D eigenvalue weighted by molar-refractivity contribution is 6.05. The maximum Gasteiger partial charge on any atom is 0.249 e. The molecule has 6 nitrogen and oxygen atoms in total. The van der Waals surface area contributed by atoms with Gasteiger partial charge in [-0.3, -0.25) is 4.79 Å². The van der Waals surface area contributed by atoms with Gasteiger partial charge in [-0.15, -0.1) is 0 Å². The number of amides is 1. The predicted molar refractivity (Wildman–Crippen MR) is 131 cm³/mol. The van der Waals surface area contributed by atoms with Gasteiger partial charge in [0.25, 0.3) is 0 Å². The van der Waals surface area contributed by atoms with Gasteiger partial charge in [0.05, 0.1) is 20.0 Å². The van der Waals surface area contributed by atoms with Gasteiger partial charge in [0.1, 0.15) is 22.9 Å². The van der Waals surface area contributed by atoms with Gasteiger partial charge < -0.3 is 19.2 Å². The van der Waals surface area contributed by atoms with Crippen LogP contribution < -0.4 is 14.8 Å². The summed E-state index contributed by atoms with van der Waals surface area (Å²) in [6, 6.07) is 15.2. The third-order valence-corrected chi connectivity index (χ3v) is 5.40. The number of fused-ring (bicyclic) bond motifs is 1. The number of allylic oxidation sites excluding steroid dienone is 1. The van der Waals surface area contributed by atoms with Crippen molar-refractivity contribution in [1.29, 1.82) is 0 Å². The number of nitrogens with zero attached hydrogens (tertiary/aromatic N) is 1. The molecule has 33 heavy (non-hydrogen) atoms. The van der Waals surface area contributed by atoms with Crippen LogP contribution >= 0.6 is 0 Å². The molecule has 2 heterocycles. The molecule has 4 aromatic rings. The molecular formula is C27H26N2O4. The molecule has 6 heteroatoms. The van der Waals surface area contributed by atoms with Crippen molar-refractivity contribution in [3.63, 3.8) is 0 Å². The van der Waals surface area contributed by atoms with Crippen LogP contribution in [0.4, 0.5) is 5.82 Å². The van der Waals surface area contributed by atoms with Gasteiger partial charge in [0, 0.05) is 34.3 Å².